The molecule has 0 bridgehead atoms. The Balaban J connectivity index is 1.65. The van der Waals surface area contributed by atoms with Crippen LogP contribution in [0, 0.1) is 0 Å². The summed E-state index contributed by atoms with van der Waals surface area (Å²) in [5.74, 6) is -0.550. The zero-order chi connectivity index (χ0) is 27.4. The van der Waals surface area contributed by atoms with E-state index in [4.69, 9.17) is 0 Å². The van der Waals surface area contributed by atoms with E-state index in [1.807, 2.05) is 16.9 Å². The van der Waals surface area contributed by atoms with Crippen LogP contribution in [0.4, 0.5) is 17.6 Å². The molecule has 0 fully saturated rings. The van der Waals surface area contributed by atoms with Crippen molar-refractivity contribution in [2.24, 2.45) is 0 Å². The second-order valence-corrected chi connectivity index (χ2v) is 12.1. The molecule has 0 radical (unpaired) electrons. The lowest BCUT2D eigenvalue weighted by Gasteiger charge is -2.28. The first-order valence-electron chi connectivity index (χ1n) is 12.1. The molecule has 0 saturated heterocycles. The Kier molecular flexibility index (Phi) is 9.02. The van der Waals surface area contributed by atoms with E-state index >= 15 is 0 Å². The molecule has 1 aliphatic rings. The van der Waals surface area contributed by atoms with Crippen LogP contribution in [0.2, 0.25) is 0 Å². The number of benzene rings is 2. The zero-order valence-corrected chi connectivity index (χ0v) is 21.9. The SMILES string of the molecule is CC(C)(C)NCc1ccc2c(c1)CCC[C@H]2NC(=O)C[C@H](CF)NS(=O)(=O)c1cccc(C(F)(F)F)c1. The van der Waals surface area contributed by atoms with Crippen LogP contribution in [-0.2, 0) is 34.0 Å². The van der Waals surface area contributed by atoms with Crippen molar-refractivity contribution in [3.63, 3.8) is 0 Å². The summed E-state index contributed by atoms with van der Waals surface area (Å²) in [6.07, 6.45) is -2.81. The van der Waals surface area contributed by atoms with E-state index in [9.17, 15) is 30.8 Å². The maximum absolute atomic E-state index is 13.7. The first-order valence-corrected chi connectivity index (χ1v) is 13.6. The van der Waals surface area contributed by atoms with Crippen LogP contribution in [0.15, 0.2) is 47.4 Å². The molecule has 2 atom stereocenters. The molecule has 0 aliphatic heterocycles. The molecule has 0 aromatic heterocycles. The van der Waals surface area contributed by atoms with Crippen LogP contribution < -0.4 is 15.4 Å². The van der Waals surface area contributed by atoms with E-state index in [2.05, 4.69) is 37.5 Å². The Morgan fingerprint density at radius 1 is 1.11 bits per heavy atom. The van der Waals surface area contributed by atoms with Gasteiger partial charge in [0.25, 0.3) is 0 Å². The number of hydrogen-bond donors (Lipinski definition) is 3. The molecule has 37 heavy (non-hydrogen) atoms. The minimum Gasteiger partial charge on any atom is -0.349 e. The smallest absolute Gasteiger partial charge is 0.349 e. The Morgan fingerprint density at radius 2 is 1.84 bits per heavy atom. The first kappa shape index (κ1) is 29.1. The number of halogens is 4. The van der Waals surface area contributed by atoms with Gasteiger partial charge in [0, 0.05) is 18.5 Å². The summed E-state index contributed by atoms with van der Waals surface area (Å²) in [4.78, 5) is 12.1. The molecule has 0 unspecified atom stereocenters. The van der Waals surface area contributed by atoms with E-state index < -0.39 is 51.7 Å². The van der Waals surface area contributed by atoms with Gasteiger partial charge in [0.2, 0.25) is 15.9 Å². The van der Waals surface area contributed by atoms with E-state index in [1.54, 1.807) is 0 Å². The number of aryl methyl sites for hydroxylation is 1. The quantitative estimate of drug-likeness (QED) is 0.397. The Morgan fingerprint density at radius 3 is 2.49 bits per heavy atom. The summed E-state index contributed by atoms with van der Waals surface area (Å²) < 4.78 is 79.7. The van der Waals surface area contributed by atoms with Crippen molar-refractivity contribution < 1.29 is 30.8 Å². The molecule has 0 heterocycles. The molecule has 1 amide bonds. The van der Waals surface area contributed by atoms with Gasteiger partial charge in [0.1, 0.15) is 6.67 Å². The third kappa shape index (κ3) is 8.24. The molecule has 1 aliphatic carbocycles. The number of rotatable bonds is 9. The second-order valence-electron chi connectivity index (χ2n) is 10.4. The topological polar surface area (TPSA) is 87.3 Å². The Labute approximate surface area is 215 Å². The van der Waals surface area contributed by atoms with Gasteiger partial charge in [-0.2, -0.15) is 13.2 Å². The summed E-state index contributed by atoms with van der Waals surface area (Å²) >= 11 is 0. The Hall–Kier alpha value is -2.50. The number of sulfonamides is 1. The molecular formula is C26H33F4N3O3S. The van der Waals surface area contributed by atoms with Crippen molar-refractivity contribution in [3.8, 4) is 0 Å². The molecule has 2 aromatic rings. The van der Waals surface area contributed by atoms with Crippen LogP contribution in [0.5, 0.6) is 0 Å². The van der Waals surface area contributed by atoms with Crippen molar-refractivity contribution >= 4 is 15.9 Å². The molecule has 3 N–H and O–H groups in total. The van der Waals surface area contributed by atoms with Crippen molar-refractivity contribution in [3.05, 3.63) is 64.7 Å². The van der Waals surface area contributed by atoms with Crippen molar-refractivity contribution in [2.45, 2.75) is 81.7 Å². The average molecular weight is 544 g/mol. The zero-order valence-electron chi connectivity index (χ0n) is 21.1. The fourth-order valence-electron chi connectivity index (χ4n) is 4.23. The molecule has 6 nitrogen and oxygen atoms in total. The first-order chi connectivity index (χ1) is 17.2. The lowest BCUT2D eigenvalue weighted by Crippen LogP contribution is -2.41. The molecule has 3 rings (SSSR count). The van der Waals surface area contributed by atoms with Gasteiger partial charge in [0.05, 0.1) is 22.5 Å². The lowest BCUT2D eigenvalue weighted by atomic mass is 9.86. The lowest BCUT2D eigenvalue weighted by molar-refractivity contribution is -0.137. The number of alkyl halides is 4. The van der Waals surface area contributed by atoms with E-state index in [0.717, 1.165) is 47.7 Å². The van der Waals surface area contributed by atoms with E-state index in [0.29, 0.717) is 19.0 Å². The van der Waals surface area contributed by atoms with Gasteiger partial charge in [-0.1, -0.05) is 24.3 Å². The van der Waals surface area contributed by atoms with Gasteiger partial charge >= 0.3 is 6.18 Å². The largest absolute Gasteiger partial charge is 0.416 e. The van der Waals surface area contributed by atoms with Gasteiger partial charge in [-0.15, -0.1) is 0 Å². The van der Waals surface area contributed by atoms with Crippen molar-refractivity contribution in [2.75, 3.05) is 6.67 Å². The fraction of sp³-hybridized carbons (Fsp3) is 0.500. The highest BCUT2D eigenvalue weighted by Crippen LogP contribution is 2.32. The van der Waals surface area contributed by atoms with Crippen LogP contribution in [-0.4, -0.2) is 32.6 Å². The summed E-state index contributed by atoms with van der Waals surface area (Å²) in [7, 11) is -4.48. The molecule has 0 spiro atoms. The fourth-order valence-corrected chi connectivity index (χ4v) is 5.49. The highest BCUT2D eigenvalue weighted by molar-refractivity contribution is 7.89. The van der Waals surface area contributed by atoms with Crippen LogP contribution >= 0.6 is 0 Å². The normalized spacial score (nSPS) is 17.2. The molecule has 0 saturated carbocycles. The number of fused-ring (bicyclic) bond motifs is 1. The number of hydrogen-bond acceptors (Lipinski definition) is 4. The van der Waals surface area contributed by atoms with Crippen LogP contribution in [0.1, 0.15) is 68.3 Å². The Bertz CT molecular complexity index is 1210. The summed E-state index contributed by atoms with van der Waals surface area (Å²) in [5.41, 5.74) is 2.06. The van der Waals surface area contributed by atoms with Gasteiger partial charge in [-0.3, -0.25) is 4.79 Å². The number of nitrogens with one attached hydrogen (secondary N) is 3. The monoisotopic (exact) mass is 543 g/mol. The minimum absolute atomic E-state index is 0.0258. The van der Waals surface area contributed by atoms with Gasteiger partial charge in [0.15, 0.2) is 0 Å². The summed E-state index contributed by atoms with van der Waals surface area (Å²) in [5, 5.41) is 6.31. The van der Waals surface area contributed by atoms with Crippen molar-refractivity contribution in [1.82, 2.24) is 15.4 Å². The summed E-state index contributed by atoms with van der Waals surface area (Å²) in [6, 6.07) is 7.52. The molecule has 204 valence electrons. The predicted molar refractivity (Wildman–Crippen MR) is 133 cm³/mol. The van der Waals surface area contributed by atoms with Crippen LogP contribution in [0.3, 0.4) is 0 Å². The highest BCUT2D eigenvalue weighted by atomic mass is 32.2. The predicted octanol–water partition coefficient (Wildman–Crippen LogP) is 4.79. The molecular weight excluding hydrogens is 510 g/mol. The number of amides is 1. The second kappa shape index (κ2) is 11.5. The third-order valence-corrected chi connectivity index (χ3v) is 7.61. The highest BCUT2D eigenvalue weighted by Gasteiger charge is 2.32. The molecule has 11 heteroatoms. The average Bonchev–Trinajstić information content (AvgIpc) is 2.81. The van der Waals surface area contributed by atoms with E-state index in [1.165, 1.54) is 0 Å². The molecule has 2 aromatic carbocycles. The van der Waals surface area contributed by atoms with Crippen molar-refractivity contribution in [1.29, 1.82) is 0 Å². The number of carbonyl (C=O) groups excluding carboxylic acids is 1. The minimum atomic E-state index is -4.73. The van der Waals surface area contributed by atoms with E-state index in [-0.39, 0.29) is 11.6 Å². The maximum Gasteiger partial charge on any atom is 0.416 e. The van der Waals surface area contributed by atoms with Crippen LogP contribution in [0.25, 0.3) is 0 Å². The third-order valence-electron chi connectivity index (χ3n) is 6.09. The summed E-state index contributed by atoms with van der Waals surface area (Å²) in [6.45, 7) is 5.76. The van der Waals surface area contributed by atoms with Gasteiger partial charge in [-0.05, 0) is 74.9 Å². The van der Waals surface area contributed by atoms with Gasteiger partial charge < -0.3 is 10.6 Å². The number of carbonyl (C=O) groups is 1. The standard InChI is InChI=1S/C26H33F4N3O3S/c1-25(2,3)31-16-17-10-11-22-18(12-17)6-4-9-23(22)32-24(34)14-20(15-27)33-37(35,36)21-8-5-7-19(13-21)26(28,29)30/h5,7-8,10-13,20,23,31,33H,4,6,9,14-16H2,1-3H3,(H,32,34)/t20-,23-/m1/s1. The van der Waals surface area contributed by atoms with Gasteiger partial charge in [-0.25, -0.2) is 17.5 Å². The maximum atomic E-state index is 13.7.